The molecule has 0 fully saturated rings. The average molecular weight is 641 g/mol. The van der Waals surface area contributed by atoms with Crippen LogP contribution in [0.5, 0.6) is 0 Å². The number of aromatic nitrogens is 3. The van der Waals surface area contributed by atoms with Crippen LogP contribution < -0.4 is 3.71 Å². The third-order valence-electron chi connectivity index (χ3n) is 7.70. The molecule has 0 amide bonds. The Hall–Kier alpha value is -1.44. The number of pyridine rings is 1. The minimum absolute atomic E-state index is 0.602. The Labute approximate surface area is 237 Å². The molecule has 2 heterocycles. The van der Waals surface area contributed by atoms with Gasteiger partial charge in [-0.2, -0.15) is 0 Å². The Morgan fingerprint density at radius 2 is 1.37 bits per heavy atom. The summed E-state index contributed by atoms with van der Waals surface area (Å²) >= 11 is -2.92. The molecule has 0 unspecified atom stereocenters. The molecule has 2 aromatic heterocycles. The Morgan fingerprint density at radius 3 is 1.89 bits per heavy atom. The van der Waals surface area contributed by atoms with E-state index in [9.17, 15) is 0 Å². The van der Waals surface area contributed by atoms with Gasteiger partial charge in [0.1, 0.15) is 0 Å². The number of hydrogen-bond acceptors (Lipinski definition) is 3. The van der Waals surface area contributed by atoms with Crippen LogP contribution in [-0.2, 0) is 11.5 Å². The first-order valence-corrected chi connectivity index (χ1v) is 26.2. The van der Waals surface area contributed by atoms with E-state index in [1.54, 1.807) is 3.71 Å². The molecule has 0 aliphatic heterocycles. The van der Waals surface area contributed by atoms with Gasteiger partial charge in [-0.05, 0) is 0 Å². The molecule has 0 aliphatic carbocycles. The molecule has 0 saturated carbocycles. The van der Waals surface area contributed by atoms with E-state index in [1.807, 2.05) is 12.4 Å². The molecule has 3 rings (SSSR count). The van der Waals surface area contributed by atoms with Crippen molar-refractivity contribution < 1.29 is 4.74 Å². The molecule has 0 radical (unpaired) electrons. The Kier molecular flexibility index (Phi) is 12.6. The van der Waals surface area contributed by atoms with E-state index in [0.717, 1.165) is 12.4 Å². The molecule has 1 aromatic carbocycles. The third kappa shape index (κ3) is 8.53. The summed E-state index contributed by atoms with van der Waals surface area (Å²) in [6, 6.07) is 16.3. The fraction of sp³-hybridized carbons (Fsp3) is 0.562. The van der Waals surface area contributed by atoms with Crippen molar-refractivity contribution in [2.24, 2.45) is 0 Å². The van der Waals surface area contributed by atoms with Gasteiger partial charge >= 0.3 is 239 Å². The summed E-state index contributed by atoms with van der Waals surface area (Å²) in [7, 11) is -1.17. The first kappa shape index (κ1) is 31.1. The number of benzene rings is 1. The van der Waals surface area contributed by atoms with Crippen LogP contribution in [0.1, 0.15) is 59.3 Å². The minimum atomic E-state index is -2.92. The van der Waals surface area contributed by atoms with E-state index in [4.69, 9.17) is 9.72 Å². The van der Waals surface area contributed by atoms with Crippen molar-refractivity contribution in [2.45, 2.75) is 105 Å². The number of imidazole rings is 1. The maximum absolute atomic E-state index is 6.54. The van der Waals surface area contributed by atoms with Crippen LogP contribution in [0.4, 0.5) is 0 Å². The first-order valence-electron chi connectivity index (χ1n) is 15.0. The summed E-state index contributed by atoms with van der Waals surface area (Å²) in [5.41, 5.74) is 3.60. The molecular weight excluding hydrogens is 589 g/mol. The summed E-state index contributed by atoms with van der Waals surface area (Å²) in [6.45, 7) is 15.8. The molecule has 0 spiro atoms. The number of ether oxygens (including phenoxy) is 1. The SMILES string of the molecule is CCC[CH2][Sn]([CH2]CCC)([CH2]CCC)[c]1c(-c2ccncc2)nc(-c2ccccc2)n1COCC[Si](C)(C)C. The predicted molar refractivity (Wildman–Crippen MR) is 170 cm³/mol. The molecule has 0 bridgehead atoms. The van der Waals surface area contributed by atoms with E-state index in [2.05, 4.69) is 92.4 Å². The molecule has 0 saturated heterocycles. The summed E-state index contributed by atoms with van der Waals surface area (Å²) in [4.78, 5) is 9.83. The van der Waals surface area contributed by atoms with Gasteiger partial charge in [-0.25, -0.2) is 0 Å². The Morgan fingerprint density at radius 1 is 0.789 bits per heavy atom. The zero-order valence-electron chi connectivity index (χ0n) is 24.9. The molecule has 0 N–H and O–H groups in total. The van der Waals surface area contributed by atoms with Gasteiger partial charge in [-0.15, -0.1) is 0 Å². The van der Waals surface area contributed by atoms with Gasteiger partial charge in [-0.3, -0.25) is 0 Å². The monoisotopic (exact) mass is 641 g/mol. The average Bonchev–Trinajstić information content (AvgIpc) is 3.31. The van der Waals surface area contributed by atoms with E-state index in [-0.39, 0.29) is 0 Å². The number of hydrogen-bond donors (Lipinski definition) is 0. The van der Waals surface area contributed by atoms with Crippen LogP contribution in [0, 0.1) is 0 Å². The van der Waals surface area contributed by atoms with Gasteiger partial charge in [0.15, 0.2) is 0 Å². The van der Waals surface area contributed by atoms with Crippen LogP contribution in [0.15, 0.2) is 54.9 Å². The van der Waals surface area contributed by atoms with Crippen molar-refractivity contribution in [2.75, 3.05) is 6.61 Å². The van der Waals surface area contributed by atoms with Gasteiger partial charge in [0, 0.05) is 0 Å². The van der Waals surface area contributed by atoms with Gasteiger partial charge in [-0.1, -0.05) is 0 Å². The summed E-state index contributed by atoms with van der Waals surface area (Å²) in [5, 5.41) is 0. The Bertz CT molecular complexity index is 1060. The first-order chi connectivity index (χ1) is 18.3. The number of unbranched alkanes of at least 4 members (excludes halogenated alkanes) is 3. The van der Waals surface area contributed by atoms with E-state index in [1.165, 1.54) is 74.7 Å². The predicted octanol–water partition coefficient (Wildman–Crippen LogP) is 8.98. The maximum atomic E-state index is 6.54. The topological polar surface area (TPSA) is 39.9 Å². The summed E-state index contributed by atoms with van der Waals surface area (Å²) in [5.74, 6) is 1.07. The van der Waals surface area contributed by atoms with Gasteiger partial charge < -0.3 is 0 Å². The summed E-state index contributed by atoms with van der Waals surface area (Å²) in [6.07, 6.45) is 11.6. The molecular formula is C32H51N3OSiSn. The molecule has 4 nitrogen and oxygen atoms in total. The van der Waals surface area contributed by atoms with Gasteiger partial charge in [0.2, 0.25) is 0 Å². The zero-order valence-corrected chi connectivity index (χ0v) is 28.8. The third-order valence-corrected chi connectivity index (χ3v) is 24.9. The summed E-state index contributed by atoms with van der Waals surface area (Å²) < 4.78 is 14.9. The standard InChI is InChI=1S/C20H24N3OSi.3C4H9.Sn/c1-25(2,3)14-13-24-16-23-15-19(17-9-11-21-12-10-17)22-20(23)18-7-5-4-6-8-18;3*1-3-4-2;/h4-12H,13-14,16H2,1-3H3;3*1,3-4H2,2H3;. The number of nitrogens with zero attached hydrogens (tertiary/aromatic N) is 3. The van der Waals surface area contributed by atoms with Crippen molar-refractivity contribution in [3.05, 3.63) is 54.9 Å². The van der Waals surface area contributed by atoms with Crippen LogP contribution in [0.25, 0.3) is 22.6 Å². The molecule has 0 aliphatic rings. The van der Waals surface area contributed by atoms with Gasteiger partial charge in [0.05, 0.1) is 0 Å². The van der Waals surface area contributed by atoms with E-state index < -0.39 is 26.5 Å². The fourth-order valence-electron chi connectivity index (χ4n) is 5.44. The van der Waals surface area contributed by atoms with E-state index >= 15 is 0 Å². The van der Waals surface area contributed by atoms with Crippen LogP contribution >= 0.6 is 0 Å². The second-order valence-electron chi connectivity index (χ2n) is 12.1. The number of rotatable bonds is 17. The molecule has 38 heavy (non-hydrogen) atoms. The Balaban J connectivity index is 2.26. The van der Waals surface area contributed by atoms with Crippen LogP contribution in [0.2, 0.25) is 39.0 Å². The van der Waals surface area contributed by atoms with Crippen molar-refractivity contribution >= 4 is 30.2 Å². The molecule has 6 heteroatoms. The fourth-order valence-corrected chi connectivity index (χ4v) is 23.3. The normalized spacial score (nSPS) is 12.3. The van der Waals surface area contributed by atoms with E-state index in [0.29, 0.717) is 6.73 Å². The van der Waals surface area contributed by atoms with Crippen molar-refractivity contribution in [3.63, 3.8) is 0 Å². The molecule has 3 aromatic rings. The molecule has 208 valence electrons. The molecule has 0 atom stereocenters. The van der Waals surface area contributed by atoms with Crippen molar-refractivity contribution in [1.82, 2.24) is 14.5 Å². The second kappa shape index (κ2) is 15.4. The zero-order chi connectivity index (χ0) is 27.4. The van der Waals surface area contributed by atoms with Crippen molar-refractivity contribution in [1.29, 1.82) is 0 Å². The quantitative estimate of drug-likeness (QED) is 0.109. The van der Waals surface area contributed by atoms with Crippen LogP contribution in [-0.4, -0.2) is 47.6 Å². The second-order valence-corrected chi connectivity index (χ2v) is 30.7. The van der Waals surface area contributed by atoms with Crippen molar-refractivity contribution in [3.8, 4) is 22.6 Å². The van der Waals surface area contributed by atoms with Crippen LogP contribution in [0.3, 0.4) is 0 Å². The van der Waals surface area contributed by atoms with Gasteiger partial charge in [0.25, 0.3) is 0 Å².